The van der Waals surface area contributed by atoms with Crippen LogP contribution in [0, 0.1) is 0 Å². The Hall–Kier alpha value is -2.67. The third kappa shape index (κ3) is 4.09. The number of carbonyl (C=O) groups excluding carboxylic acids is 1. The molecule has 2 heterocycles. The van der Waals surface area contributed by atoms with Crippen molar-refractivity contribution >= 4 is 28.8 Å². The van der Waals surface area contributed by atoms with Crippen molar-refractivity contribution in [2.75, 3.05) is 12.4 Å². The van der Waals surface area contributed by atoms with Gasteiger partial charge in [0, 0.05) is 24.1 Å². The number of aromatic nitrogens is 1. The first-order valence-electron chi connectivity index (χ1n) is 9.32. The van der Waals surface area contributed by atoms with Gasteiger partial charge in [0.15, 0.2) is 5.58 Å². The molecule has 3 aromatic rings. The second-order valence-corrected chi connectivity index (χ2v) is 7.57. The number of para-hydroxylation sites is 2. The zero-order chi connectivity index (χ0) is 19.5. The minimum atomic E-state index is -0.0931. The molecule has 1 atom stereocenters. The van der Waals surface area contributed by atoms with Gasteiger partial charge >= 0.3 is 0 Å². The van der Waals surface area contributed by atoms with Crippen LogP contribution in [0.15, 0.2) is 46.0 Å². The summed E-state index contributed by atoms with van der Waals surface area (Å²) in [4.78, 5) is 16.7. The van der Waals surface area contributed by atoms with Crippen LogP contribution in [0.3, 0.4) is 0 Å². The lowest BCUT2D eigenvalue weighted by atomic mass is 10.1. The zero-order valence-corrected chi connectivity index (χ0v) is 16.7. The van der Waals surface area contributed by atoms with Gasteiger partial charge in [-0.2, -0.15) is 0 Å². The van der Waals surface area contributed by atoms with E-state index in [0.717, 1.165) is 40.1 Å². The number of benzene rings is 2. The van der Waals surface area contributed by atoms with Crippen LogP contribution in [0.4, 0.5) is 0 Å². The van der Waals surface area contributed by atoms with E-state index in [4.69, 9.17) is 13.9 Å². The summed E-state index contributed by atoms with van der Waals surface area (Å²) in [6, 6.07) is 11.5. The van der Waals surface area contributed by atoms with E-state index >= 15 is 0 Å². The maximum atomic E-state index is 12.3. The van der Waals surface area contributed by atoms with Gasteiger partial charge in [-0.05, 0) is 38.1 Å². The van der Waals surface area contributed by atoms with Gasteiger partial charge in [0.25, 0.3) is 5.22 Å². The molecular formula is C21H22N2O4S. The molecule has 7 heteroatoms. The lowest BCUT2D eigenvalue weighted by Gasteiger charge is -2.13. The number of amides is 1. The van der Waals surface area contributed by atoms with E-state index < -0.39 is 0 Å². The highest BCUT2D eigenvalue weighted by Crippen LogP contribution is 2.35. The molecule has 2 aromatic carbocycles. The summed E-state index contributed by atoms with van der Waals surface area (Å²) in [5.74, 6) is 1.81. The van der Waals surface area contributed by atoms with Crippen molar-refractivity contribution in [3.05, 3.63) is 47.5 Å². The number of thioether (sulfide) groups is 1. The summed E-state index contributed by atoms with van der Waals surface area (Å²) in [6.07, 6.45) is 1.05. The van der Waals surface area contributed by atoms with E-state index in [1.807, 2.05) is 50.2 Å². The number of nitrogens with zero attached hydrogens (tertiary/aromatic N) is 1. The van der Waals surface area contributed by atoms with Crippen LogP contribution in [0.25, 0.3) is 11.1 Å². The number of carbonyl (C=O) groups is 1. The third-order valence-electron chi connectivity index (χ3n) is 4.46. The Kier molecular flexibility index (Phi) is 5.43. The highest BCUT2D eigenvalue weighted by molar-refractivity contribution is 7.99. The van der Waals surface area contributed by atoms with Crippen molar-refractivity contribution < 1.29 is 18.7 Å². The van der Waals surface area contributed by atoms with E-state index in [2.05, 4.69) is 10.3 Å². The van der Waals surface area contributed by atoms with Crippen LogP contribution in [0.5, 0.6) is 11.5 Å². The molecule has 0 fully saturated rings. The molecule has 1 N–H and O–H groups in total. The summed E-state index contributed by atoms with van der Waals surface area (Å²) >= 11 is 1.28. The van der Waals surface area contributed by atoms with Gasteiger partial charge < -0.3 is 19.2 Å². The van der Waals surface area contributed by atoms with Crippen LogP contribution in [0.2, 0.25) is 0 Å². The number of oxazole rings is 1. The highest BCUT2D eigenvalue weighted by atomic mass is 32.2. The average Bonchev–Trinajstić information content (AvgIpc) is 3.26. The minimum Gasteiger partial charge on any atom is -0.494 e. The highest BCUT2D eigenvalue weighted by Gasteiger charge is 2.22. The smallest absolute Gasteiger partial charge is 0.257 e. The van der Waals surface area contributed by atoms with Crippen LogP contribution < -0.4 is 14.8 Å². The number of rotatable bonds is 7. The van der Waals surface area contributed by atoms with E-state index in [1.54, 1.807) is 0 Å². The molecule has 0 bridgehead atoms. The van der Waals surface area contributed by atoms with Gasteiger partial charge in [-0.3, -0.25) is 4.79 Å². The molecule has 6 nitrogen and oxygen atoms in total. The molecular weight excluding hydrogens is 376 g/mol. The SMILES string of the molecule is CCOc1cc2c(cc1CNC(=O)CSc1nc3ccccc3o1)O[C@@H](C)C2. The predicted octanol–water partition coefficient (Wildman–Crippen LogP) is 3.96. The topological polar surface area (TPSA) is 73.6 Å². The Bertz CT molecular complexity index is 968. The number of hydrogen-bond donors (Lipinski definition) is 1. The molecule has 28 heavy (non-hydrogen) atoms. The molecule has 1 aliphatic heterocycles. The Labute approximate surface area is 167 Å². The summed E-state index contributed by atoms with van der Waals surface area (Å²) in [7, 11) is 0. The van der Waals surface area contributed by atoms with Crippen molar-refractivity contribution in [1.82, 2.24) is 10.3 Å². The van der Waals surface area contributed by atoms with Crippen molar-refractivity contribution in [2.24, 2.45) is 0 Å². The summed E-state index contributed by atoms with van der Waals surface area (Å²) in [6.45, 7) is 4.95. The van der Waals surface area contributed by atoms with Gasteiger partial charge in [0.05, 0.1) is 12.4 Å². The first-order valence-corrected chi connectivity index (χ1v) is 10.3. The van der Waals surface area contributed by atoms with E-state index in [9.17, 15) is 4.79 Å². The monoisotopic (exact) mass is 398 g/mol. The van der Waals surface area contributed by atoms with E-state index in [0.29, 0.717) is 18.4 Å². The van der Waals surface area contributed by atoms with E-state index in [1.165, 1.54) is 11.8 Å². The van der Waals surface area contributed by atoms with Crippen LogP contribution >= 0.6 is 11.8 Å². The molecule has 146 valence electrons. The normalized spacial score (nSPS) is 15.3. The Morgan fingerprint density at radius 2 is 2.21 bits per heavy atom. The zero-order valence-electron chi connectivity index (χ0n) is 15.9. The van der Waals surface area contributed by atoms with Crippen molar-refractivity contribution in [1.29, 1.82) is 0 Å². The average molecular weight is 398 g/mol. The van der Waals surface area contributed by atoms with Gasteiger partial charge in [-0.1, -0.05) is 23.9 Å². The molecule has 1 aliphatic rings. The molecule has 1 amide bonds. The maximum Gasteiger partial charge on any atom is 0.257 e. The van der Waals surface area contributed by atoms with E-state index in [-0.39, 0.29) is 17.8 Å². The van der Waals surface area contributed by atoms with Gasteiger partial charge in [0.2, 0.25) is 5.91 Å². The molecule has 0 saturated carbocycles. The van der Waals surface area contributed by atoms with Gasteiger partial charge in [-0.15, -0.1) is 0 Å². The number of hydrogen-bond acceptors (Lipinski definition) is 6. The van der Waals surface area contributed by atoms with Crippen molar-refractivity contribution in [3.8, 4) is 11.5 Å². The molecule has 1 aromatic heterocycles. The number of fused-ring (bicyclic) bond motifs is 2. The first-order chi connectivity index (χ1) is 13.6. The Morgan fingerprint density at radius 1 is 1.36 bits per heavy atom. The summed E-state index contributed by atoms with van der Waals surface area (Å²) in [5.41, 5.74) is 3.57. The predicted molar refractivity (Wildman–Crippen MR) is 108 cm³/mol. The maximum absolute atomic E-state index is 12.3. The Morgan fingerprint density at radius 3 is 3.04 bits per heavy atom. The number of nitrogens with one attached hydrogen (secondary N) is 1. The second kappa shape index (κ2) is 8.14. The fourth-order valence-corrected chi connectivity index (χ4v) is 3.86. The molecule has 4 rings (SSSR count). The standard InChI is InChI=1S/C21H22N2O4S/c1-3-25-18-9-14-8-13(2)26-19(14)10-15(18)11-22-20(24)12-28-21-23-16-6-4-5-7-17(16)27-21/h4-7,9-10,13H,3,8,11-12H2,1-2H3,(H,22,24)/t13-/m0/s1. The summed E-state index contributed by atoms with van der Waals surface area (Å²) < 4.78 is 17.2. The van der Waals surface area contributed by atoms with Crippen molar-refractivity contribution in [3.63, 3.8) is 0 Å². The van der Waals surface area contributed by atoms with Crippen LogP contribution in [0.1, 0.15) is 25.0 Å². The third-order valence-corrected chi connectivity index (χ3v) is 5.28. The lowest BCUT2D eigenvalue weighted by Crippen LogP contribution is -2.25. The molecule has 0 spiro atoms. The van der Waals surface area contributed by atoms with Crippen LogP contribution in [-0.2, 0) is 17.8 Å². The first kappa shape index (κ1) is 18.7. The molecule has 0 aliphatic carbocycles. The Balaban J connectivity index is 1.37. The summed E-state index contributed by atoms with van der Waals surface area (Å²) in [5, 5.41) is 3.43. The fourth-order valence-electron chi connectivity index (χ4n) is 3.19. The largest absolute Gasteiger partial charge is 0.494 e. The minimum absolute atomic E-state index is 0.0931. The van der Waals surface area contributed by atoms with Gasteiger partial charge in [-0.25, -0.2) is 4.98 Å². The van der Waals surface area contributed by atoms with Gasteiger partial charge in [0.1, 0.15) is 23.1 Å². The molecule has 0 radical (unpaired) electrons. The lowest BCUT2D eigenvalue weighted by molar-refractivity contribution is -0.118. The molecule has 0 saturated heterocycles. The van der Waals surface area contributed by atoms with Crippen LogP contribution in [-0.4, -0.2) is 29.4 Å². The second-order valence-electron chi connectivity index (χ2n) is 6.65. The molecule has 0 unspecified atom stereocenters. The fraction of sp³-hybridized carbons (Fsp3) is 0.333. The van der Waals surface area contributed by atoms with Crippen molar-refractivity contribution in [2.45, 2.75) is 38.1 Å². The number of ether oxygens (including phenoxy) is 2. The quantitative estimate of drug-likeness (QED) is 0.608.